The van der Waals surface area contributed by atoms with Crippen LogP contribution in [0.25, 0.3) is 0 Å². The van der Waals surface area contributed by atoms with E-state index in [-0.39, 0.29) is 11.7 Å². The number of hydrogen-bond donors (Lipinski definition) is 0. The van der Waals surface area contributed by atoms with Crippen LogP contribution in [0, 0.1) is 13.8 Å². The first kappa shape index (κ1) is 16.2. The Morgan fingerprint density at radius 2 is 1.84 bits per heavy atom. The number of Topliss-reactive ketones (excluding diaryl/α,β-unsaturated/α-hetero) is 1. The molecule has 5 heteroatoms. The molecule has 5 nitrogen and oxygen atoms in total. The van der Waals surface area contributed by atoms with Crippen LogP contribution in [0.15, 0.2) is 24.3 Å². The quantitative estimate of drug-likeness (QED) is 0.843. The number of carbonyl (C=O) groups excluding carboxylic acids is 1. The van der Waals surface area contributed by atoms with Crippen LogP contribution in [0.1, 0.15) is 45.2 Å². The van der Waals surface area contributed by atoms with Crippen LogP contribution in [-0.2, 0) is 11.2 Å². The number of carbonyl (C=O) groups is 1. The van der Waals surface area contributed by atoms with E-state index in [9.17, 15) is 4.79 Å². The van der Waals surface area contributed by atoms with Crippen molar-refractivity contribution in [3.8, 4) is 0 Å². The van der Waals surface area contributed by atoms with Gasteiger partial charge in [-0.05, 0) is 37.3 Å². The molecule has 25 heavy (non-hydrogen) atoms. The Labute approximate surface area is 148 Å². The van der Waals surface area contributed by atoms with Crippen molar-refractivity contribution in [2.45, 2.75) is 32.6 Å². The minimum Gasteiger partial charge on any atom is -0.378 e. The van der Waals surface area contributed by atoms with Gasteiger partial charge in [0.1, 0.15) is 0 Å². The van der Waals surface area contributed by atoms with Crippen LogP contribution < -0.4 is 4.90 Å². The largest absolute Gasteiger partial charge is 0.378 e. The van der Waals surface area contributed by atoms with Crippen LogP contribution in [0.3, 0.4) is 0 Å². The first-order valence-electron chi connectivity index (χ1n) is 8.92. The van der Waals surface area contributed by atoms with Gasteiger partial charge in [-0.1, -0.05) is 24.3 Å². The van der Waals surface area contributed by atoms with Crippen molar-refractivity contribution in [1.82, 2.24) is 9.97 Å². The Bertz CT molecular complexity index is 813. The molecule has 1 fully saturated rings. The van der Waals surface area contributed by atoms with E-state index in [0.29, 0.717) is 19.6 Å². The molecule has 1 aromatic carbocycles. The number of benzene rings is 1. The predicted octanol–water partition coefficient (Wildman–Crippen LogP) is 2.84. The van der Waals surface area contributed by atoms with Gasteiger partial charge in [-0.15, -0.1) is 0 Å². The zero-order chi connectivity index (χ0) is 17.4. The van der Waals surface area contributed by atoms with Gasteiger partial charge in [0.2, 0.25) is 5.95 Å². The molecule has 4 rings (SSSR count). The van der Waals surface area contributed by atoms with Crippen LogP contribution in [0.4, 0.5) is 5.95 Å². The van der Waals surface area contributed by atoms with Gasteiger partial charge in [-0.25, -0.2) is 9.97 Å². The van der Waals surface area contributed by atoms with Crippen molar-refractivity contribution >= 4 is 11.7 Å². The van der Waals surface area contributed by atoms with Gasteiger partial charge in [0.15, 0.2) is 5.78 Å². The Morgan fingerprint density at radius 1 is 1.08 bits per heavy atom. The SMILES string of the molecule is Cc1ccccc1[C@H]1CC(=O)c2c(C)nc(N3CCOCC3)nc2C1. The molecule has 0 N–H and O–H groups in total. The number of anilines is 1. The Balaban J connectivity index is 1.70. The standard InChI is InChI=1S/C20H23N3O2/c1-13-5-3-4-6-16(13)15-11-17-19(18(24)12-15)14(2)21-20(22-17)23-7-9-25-10-8-23/h3-6,15H,7-12H2,1-2H3/t15-/m1/s1. The maximum atomic E-state index is 12.8. The molecular weight excluding hydrogens is 314 g/mol. The molecular formula is C20H23N3O2. The van der Waals surface area contributed by atoms with Crippen molar-refractivity contribution in [1.29, 1.82) is 0 Å². The number of ketones is 1. The lowest BCUT2D eigenvalue weighted by molar-refractivity contribution is 0.0961. The number of fused-ring (bicyclic) bond motifs is 1. The highest BCUT2D eigenvalue weighted by atomic mass is 16.5. The highest BCUT2D eigenvalue weighted by Gasteiger charge is 2.31. The number of rotatable bonds is 2. The maximum absolute atomic E-state index is 12.8. The van der Waals surface area contributed by atoms with E-state index in [2.05, 4.69) is 28.9 Å². The summed E-state index contributed by atoms with van der Waals surface area (Å²) in [7, 11) is 0. The van der Waals surface area contributed by atoms with Gasteiger partial charge in [0.25, 0.3) is 0 Å². The summed E-state index contributed by atoms with van der Waals surface area (Å²) in [5, 5.41) is 0. The zero-order valence-corrected chi connectivity index (χ0v) is 14.8. The van der Waals surface area contributed by atoms with Crippen molar-refractivity contribution in [3.63, 3.8) is 0 Å². The fraction of sp³-hybridized carbons (Fsp3) is 0.450. The van der Waals surface area contributed by atoms with Crippen molar-refractivity contribution < 1.29 is 9.53 Å². The summed E-state index contributed by atoms with van der Waals surface area (Å²) < 4.78 is 5.42. The Hall–Kier alpha value is -2.27. The normalized spacial score (nSPS) is 20.5. The van der Waals surface area contributed by atoms with Gasteiger partial charge in [0, 0.05) is 19.5 Å². The average Bonchev–Trinajstić information content (AvgIpc) is 2.62. The van der Waals surface area contributed by atoms with E-state index in [0.717, 1.165) is 42.4 Å². The maximum Gasteiger partial charge on any atom is 0.225 e. The van der Waals surface area contributed by atoms with E-state index in [4.69, 9.17) is 9.72 Å². The molecule has 2 aliphatic rings. The van der Waals surface area contributed by atoms with Gasteiger partial charge >= 0.3 is 0 Å². The van der Waals surface area contributed by atoms with Crippen molar-refractivity contribution in [2.75, 3.05) is 31.2 Å². The van der Waals surface area contributed by atoms with Gasteiger partial charge in [-0.3, -0.25) is 4.79 Å². The minimum atomic E-state index is 0.167. The molecule has 1 aliphatic heterocycles. The summed E-state index contributed by atoms with van der Waals surface area (Å²) in [6.45, 7) is 7.03. The van der Waals surface area contributed by atoms with Crippen LogP contribution >= 0.6 is 0 Å². The number of aromatic nitrogens is 2. The third-order valence-corrected chi connectivity index (χ3v) is 5.23. The van der Waals surface area contributed by atoms with Crippen molar-refractivity contribution in [3.05, 3.63) is 52.3 Å². The topological polar surface area (TPSA) is 55.3 Å². The smallest absolute Gasteiger partial charge is 0.225 e. The Kier molecular flexibility index (Phi) is 4.25. The van der Waals surface area contributed by atoms with Crippen molar-refractivity contribution in [2.24, 2.45) is 0 Å². The minimum absolute atomic E-state index is 0.167. The number of hydrogen-bond acceptors (Lipinski definition) is 5. The molecule has 1 atom stereocenters. The third-order valence-electron chi connectivity index (χ3n) is 5.23. The lowest BCUT2D eigenvalue weighted by Crippen LogP contribution is -2.38. The molecule has 0 radical (unpaired) electrons. The molecule has 1 saturated heterocycles. The highest BCUT2D eigenvalue weighted by molar-refractivity contribution is 5.99. The molecule has 0 unspecified atom stereocenters. The molecule has 0 saturated carbocycles. The molecule has 130 valence electrons. The number of nitrogens with zero attached hydrogens (tertiary/aromatic N) is 3. The highest BCUT2D eigenvalue weighted by Crippen LogP contribution is 2.35. The zero-order valence-electron chi connectivity index (χ0n) is 14.8. The molecule has 0 bridgehead atoms. The van der Waals surface area contributed by atoms with Gasteiger partial charge < -0.3 is 9.64 Å². The van der Waals surface area contributed by atoms with E-state index in [1.165, 1.54) is 11.1 Å². The van der Waals surface area contributed by atoms with Gasteiger partial charge in [-0.2, -0.15) is 0 Å². The number of aryl methyl sites for hydroxylation is 2. The van der Waals surface area contributed by atoms with Crippen LogP contribution in [0.2, 0.25) is 0 Å². The fourth-order valence-corrected chi connectivity index (χ4v) is 3.93. The Morgan fingerprint density at radius 3 is 2.60 bits per heavy atom. The lowest BCUT2D eigenvalue weighted by atomic mass is 9.80. The second-order valence-corrected chi connectivity index (χ2v) is 6.92. The van der Waals surface area contributed by atoms with E-state index < -0.39 is 0 Å². The summed E-state index contributed by atoms with van der Waals surface area (Å²) in [4.78, 5) is 24.3. The predicted molar refractivity (Wildman–Crippen MR) is 96.4 cm³/mol. The molecule has 1 aromatic heterocycles. The molecule has 0 amide bonds. The molecule has 1 aliphatic carbocycles. The fourth-order valence-electron chi connectivity index (χ4n) is 3.93. The summed E-state index contributed by atoms with van der Waals surface area (Å²) in [5.41, 5.74) is 4.94. The first-order valence-corrected chi connectivity index (χ1v) is 8.92. The molecule has 2 aromatic rings. The average molecular weight is 337 g/mol. The van der Waals surface area contributed by atoms with E-state index >= 15 is 0 Å². The first-order chi connectivity index (χ1) is 12.1. The monoisotopic (exact) mass is 337 g/mol. The van der Waals surface area contributed by atoms with Crippen LogP contribution in [0.5, 0.6) is 0 Å². The lowest BCUT2D eigenvalue weighted by Gasteiger charge is -2.30. The third kappa shape index (κ3) is 3.04. The molecule has 0 spiro atoms. The van der Waals surface area contributed by atoms with Gasteiger partial charge in [0.05, 0.1) is 30.2 Å². The van der Waals surface area contributed by atoms with E-state index in [1.807, 2.05) is 19.1 Å². The summed E-state index contributed by atoms with van der Waals surface area (Å²) >= 11 is 0. The summed E-state index contributed by atoms with van der Waals surface area (Å²) in [6, 6.07) is 8.34. The number of morpholine rings is 1. The second-order valence-electron chi connectivity index (χ2n) is 6.92. The summed E-state index contributed by atoms with van der Waals surface area (Å²) in [5.74, 6) is 1.10. The number of ether oxygens (including phenoxy) is 1. The summed E-state index contributed by atoms with van der Waals surface area (Å²) in [6.07, 6.45) is 1.34. The second kappa shape index (κ2) is 6.56. The van der Waals surface area contributed by atoms with Crippen LogP contribution in [-0.4, -0.2) is 42.1 Å². The molecule has 2 heterocycles. The van der Waals surface area contributed by atoms with E-state index in [1.54, 1.807) is 0 Å².